The Morgan fingerprint density at radius 1 is 1.14 bits per heavy atom. The van der Waals surface area contributed by atoms with E-state index in [9.17, 15) is 9.59 Å². The van der Waals surface area contributed by atoms with Gasteiger partial charge >= 0.3 is 0 Å². The van der Waals surface area contributed by atoms with E-state index in [1.54, 1.807) is 25.3 Å². The van der Waals surface area contributed by atoms with Crippen LogP contribution in [0.5, 0.6) is 11.5 Å². The Labute approximate surface area is 165 Å². The van der Waals surface area contributed by atoms with Crippen molar-refractivity contribution in [2.75, 3.05) is 25.6 Å². The maximum atomic E-state index is 12.1. The van der Waals surface area contributed by atoms with Gasteiger partial charge in [0.1, 0.15) is 11.5 Å². The molecular weight excluding hydrogens is 356 g/mol. The van der Waals surface area contributed by atoms with Gasteiger partial charge in [0.25, 0.3) is 5.91 Å². The van der Waals surface area contributed by atoms with Crippen molar-refractivity contribution in [1.29, 1.82) is 0 Å². The number of ether oxygens (including phenoxy) is 2. The summed E-state index contributed by atoms with van der Waals surface area (Å²) in [6.45, 7) is 2.45. The molecule has 6 heteroatoms. The number of rotatable bonds is 9. The highest BCUT2D eigenvalue weighted by molar-refractivity contribution is 5.94. The molecule has 0 heterocycles. The molecule has 1 fully saturated rings. The number of methoxy groups -OCH3 is 1. The van der Waals surface area contributed by atoms with Gasteiger partial charge in [-0.2, -0.15) is 0 Å². The number of carbonyl (C=O) groups excluding carboxylic acids is 2. The molecule has 6 nitrogen and oxygen atoms in total. The molecule has 0 aliphatic heterocycles. The zero-order valence-electron chi connectivity index (χ0n) is 16.3. The number of hydrogen-bond donors (Lipinski definition) is 2. The number of benzene rings is 2. The molecule has 0 aromatic heterocycles. The highest BCUT2D eigenvalue weighted by Crippen LogP contribution is 2.30. The minimum Gasteiger partial charge on any atom is -0.496 e. The molecule has 1 saturated carbocycles. The van der Waals surface area contributed by atoms with Crippen LogP contribution < -0.4 is 20.1 Å². The third-order valence-electron chi connectivity index (χ3n) is 4.57. The van der Waals surface area contributed by atoms with E-state index in [4.69, 9.17) is 9.47 Å². The van der Waals surface area contributed by atoms with Crippen LogP contribution in [0.3, 0.4) is 0 Å². The zero-order valence-corrected chi connectivity index (χ0v) is 16.3. The molecule has 0 bridgehead atoms. The average Bonchev–Trinajstić information content (AvgIpc) is 3.52. The van der Waals surface area contributed by atoms with E-state index in [-0.39, 0.29) is 24.3 Å². The van der Waals surface area contributed by atoms with Crippen molar-refractivity contribution < 1.29 is 19.1 Å². The third kappa shape index (κ3) is 5.74. The Balaban J connectivity index is 1.43. The Bertz CT molecular complexity index is 846. The smallest absolute Gasteiger partial charge is 0.257 e. The molecule has 3 rings (SSSR count). The molecule has 2 aromatic rings. The van der Waals surface area contributed by atoms with Crippen LogP contribution in [0.1, 0.15) is 24.0 Å². The summed E-state index contributed by atoms with van der Waals surface area (Å²) in [6.07, 6.45) is 2.59. The maximum Gasteiger partial charge on any atom is 0.257 e. The number of anilines is 1. The first-order valence-electron chi connectivity index (χ1n) is 9.49. The van der Waals surface area contributed by atoms with Crippen molar-refractivity contribution in [2.24, 2.45) is 5.92 Å². The van der Waals surface area contributed by atoms with Crippen LogP contribution in [-0.2, 0) is 16.0 Å². The van der Waals surface area contributed by atoms with E-state index in [1.807, 2.05) is 25.1 Å². The second kappa shape index (κ2) is 9.26. The van der Waals surface area contributed by atoms with Crippen LogP contribution >= 0.6 is 0 Å². The van der Waals surface area contributed by atoms with Crippen molar-refractivity contribution in [1.82, 2.24) is 5.32 Å². The molecule has 2 aromatic carbocycles. The summed E-state index contributed by atoms with van der Waals surface area (Å²) < 4.78 is 10.9. The molecule has 28 heavy (non-hydrogen) atoms. The molecule has 0 spiro atoms. The normalized spacial score (nSPS) is 12.9. The van der Waals surface area contributed by atoms with Gasteiger partial charge in [-0.15, -0.1) is 0 Å². The molecular formula is C22H26N2O4. The third-order valence-corrected chi connectivity index (χ3v) is 4.57. The zero-order chi connectivity index (χ0) is 19.9. The fraction of sp³-hybridized carbons (Fsp3) is 0.364. The van der Waals surface area contributed by atoms with Gasteiger partial charge in [0.05, 0.1) is 7.11 Å². The first-order chi connectivity index (χ1) is 13.5. The quantitative estimate of drug-likeness (QED) is 0.699. The molecule has 1 aliphatic rings. The Kier molecular flexibility index (Phi) is 6.53. The summed E-state index contributed by atoms with van der Waals surface area (Å²) in [7, 11) is 1.64. The second-order valence-corrected chi connectivity index (χ2v) is 7.00. The molecule has 2 N–H and O–H groups in total. The Morgan fingerprint density at radius 2 is 1.96 bits per heavy atom. The highest BCUT2D eigenvalue weighted by Gasteiger charge is 2.29. The van der Waals surface area contributed by atoms with Crippen LogP contribution in [-0.4, -0.2) is 32.1 Å². The number of amides is 2. The highest BCUT2D eigenvalue weighted by atomic mass is 16.5. The summed E-state index contributed by atoms with van der Waals surface area (Å²) in [5.74, 6) is 1.35. The van der Waals surface area contributed by atoms with Gasteiger partial charge in [-0.25, -0.2) is 0 Å². The van der Waals surface area contributed by atoms with E-state index >= 15 is 0 Å². The fourth-order valence-electron chi connectivity index (χ4n) is 2.89. The lowest BCUT2D eigenvalue weighted by Gasteiger charge is -2.11. The summed E-state index contributed by atoms with van der Waals surface area (Å²) in [5.41, 5.74) is 2.89. The van der Waals surface area contributed by atoms with Crippen molar-refractivity contribution >= 4 is 17.5 Å². The summed E-state index contributed by atoms with van der Waals surface area (Å²) in [5, 5.41) is 5.72. The largest absolute Gasteiger partial charge is 0.496 e. The average molecular weight is 382 g/mol. The van der Waals surface area contributed by atoms with E-state index in [0.717, 1.165) is 29.7 Å². The molecule has 0 saturated heterocycles. The van der Waals surface area contributed by atoms with Crippen molar-refractivity contribution in [3.63, 3.8) is 0 Å². The van der Waals surface area contributed by atoms with Gasteiger partial charge in [0, 0.05) is 24.2 Å². The number of nitrogens with one attached hydrogen (secondary N) is 2. The lowest BCUT2D eigenvalue weighted by atomic mass is 10.1. The SMILES string of the molecule is COc1ccc(C)cc1CCNC(=O)COc1cccc(NC(=O)C2CC2)c1. The number of aryl methyl sites for hydroxylation is 1. The van der Waals surface area contributed by atoms with Gasteiger partial charge in [-0.1, -0.05) is 23.8 Å². The van der Waals surface area contributed by atoms with Crippen LogP contribution in [0.15, 0.2) is 42.5 Å². The first-order valence-corrected chi connectivity index (χ1v) is 9.49. The van der Waals surface area contributed by atoms with E-state index in [1.165, 1.54) is 0 Å². The molecule has 148 valence electrons. The van der Waals surface area contributed by atoms with Crippen molar-refractivity contribution in [3.8, 4) is 11.5 Å². The topological polar surface area (TPSA) is 76.7 Å². The predicted molar refractivity (Wildman–Crippen MR) is 108 cm³/mol. The Hall–Kier alpha value is -3.02. The molecule has 1 aliphatic carbocycles. The van der Waals surface area contributed by atoms with Crippen LogP contribution in [0.25, 0.3) is 0 Å². The summed E-state index contributed by atoms with van der Waals surface area (Å²) in [6, 6.07) is 13.1. The van der Waals surface area contributed by atoms with Crippen molar-refractivity contribution in [3.05, 3.63) is 53.6 Å². The lowest BCUT2D eigenvalue weighted by molar-refractivity contribution is -0.123. The van der Waals surface area contributed by atoms with E-state index < -0.39 is 0 Å². The summed E-state index contributed by atoms with van der Waals surface area (Å²) in [4.78, 5) is 23.9. The van der Waals surface area contributed by atoms with Gasteiger partial charge in [0.2, 0.25) is 5.91 Å². The Morgan fingerprint density at radius 3 is 2.71 bits per heavy atom. The van der Waals surface area contributed by atoms with E-state index in [0.29, 0.717) is 24.4 Å². The monoisotopic (exact) mass is 382 g/mol. The molecule has 0 unspecified atom stereocenters. The lowest BCUT2D eigenvalue weighted by Crippen LogP contribution is -2.30. The van der Waals surface area contributed by atoms with Gasteiger partial charge in [0.15, 0.2) is 6.61 Å². The first kappa shape index (κ1) is 19.7. The minimum absolute atomic E-state index is 0.0430. The van der Waals surface area contributed by atoms with E-state index in [2.05, 4.69) is 16.7 Å². The van der Waals surface area contributed by atoms with Crippen LogP contribution in [0, 0.1) is 12.8 Å². The number of carbonyl (C=O) groups is 2. The standard InChI is InChI=1S/C22H26N2O4/c1-15-6-9-20(27-2)17(12-15)10-11-23-21(25)14-28-19-5-3-4-18(13-19)24-22(26)16-7-8-16/h3-6,9,12-13,16H,7-8,10-11,14H2,1-2H3,(H,23,25)(H,24,26). The molecule has 0 radical (unpaired) electrons. The fourth-order valence-corrected chi connectivity index (χ4v) is 2.89. The molecule has 2 amide bonds. The van der Waals surface area contributed by atoms with Gasteiger partial charge in [-0.05, 0) is 49.9 Å². The molecule has 0 atom stereocenters. The minimum atomic E-state index is -0.195. The second-order valence-electron chi connectivity index (χ2n) is 7.00. The number of hydrogen-bond acceptors (Lipinski definition) is 4. The summed E-state index contributed by atoms with van der Waals surface area (Å²) >= 11 is 0. The van der Waals surface area contributed by atoms with Crippen LogP contribution in [0.4, 0.5) is 5.69 Å². The van der Waals surface area contributed by atoms with Gasteiger partial charge in [-0.3, -0.25) is 9.59 Å². The van der Waals surface area contributed by atoms with Crippen molar-refractivity contribution in [2.45, 2.75) is 26.2 Å². The predicted octanol–water partition coefficient (Wildman–Crippen LogP) is 3.09. The van der Waals surface area contributed by atoms with Gasteiger partial charge < -0.3 is 20.1 Å². The maximum absolute atomic E-state index is 12.1. The van der Waals surface area contributed by atoms with Crippen LogP contribution in [0.2, 0.25) is 0 Å².